The molecule has 2 aliphatic heterocycles. The molecule has 0 unspecified atom stereocenters. The normalized spacial score (nSPS) is 24.0. The van der Waals surface area contributed by atoms with Gasteiger partial charge in [0.2, 0.25) is 0 Å². The van der Waals surface area contributed by atoms with E-state index in [1.54, 1.807) is 0 Å². The lowest BCUT2D eigenvalue weighted by molar-refractivity contribution is -0.142. The number of anilines is 1. The molecule has 3 atom stereocenters. The van der Waals surface area contributed by atoms with Gasteiger partial charge in [0.25, 0.3) is 0 Å². The standard InChI is InChI=1S/C29H34N2O5/c1-17-7-12-25(36-17)28-26(29(33)35-16-22-6-5-13-34-22)18(2)30-23-14-20(15-24(32)27(23)28)19-8-10-21(11-9-19)31(3)4/h7-12,20,22,28,30H,5-6,13-16H2,1-4H3/t20-,22+,28+/m1/s1. The van der Waals surface area contributed by atoms with Crippen LogP contribution in [0.4, 0.5) is 5.69 Å². The van der Waals surface area contributed by atoms with Crippen LogP contribution >= 0.6 is 0 Å². The number of allylic oxidation sites excluding steroid dienone is 3. The summed E-state index contributed by atoms with van der Waals surface area (Å²) in [6.07, 6.45) is 2.86. The van der Waals surface area contributed by atoms with Crippen LogP contribution in [0.25, 0.3) is 0 Å². The fourth-order valence-corrected chi connectivity index (χ4v) is 5.51. The van der Waals surface area contributed by atoms with Gasteiger partial charge in [0.05, 0.1) is 17.6 Å². The molecule has 0 amide bonds. The Kier molecular flexibility index (Phi) is 6.75. The minimum absolute atomic E-state index is 0.0291. The zero-order valence-electron chi connectivity index (χ0n) is 21.4. The second kappa shape index (κ2) is 9.97. The SMILES string of the molecule is CC1=C(C(=O)OC[C@@H]2CCCO2)[C@H](c2ccc(C)o2)C2=C(C[C@@H](c3ccc(N(C)C)cc3)CC2=O)N1. The topological polar surface area (TPSA) is 81.0 Å². The molecule has 36 heavy (non-hydrogen) atoms. The lowest BCUT2D eigenvalue weighted by atomic mass is 9.73. The lowest BCUT2D eigenvalue weighted by Crippen LogP contribution is -2.36. The maximum Gasteiger partial charge on any atom is 0.336 e. The third-order valence-electron chi connectivity index (χ3n) is 7.40. The summed E-state index contributed by atoms with van der Waals surface area (Å²) in [5.74, 6) is 0.401. The molecule has 1 aliphatic carbocycles. The molecule has 0 radical (unpaired) electrons. The van der Waals surface area contributed by atoms with Gasteiger partial charge < -0.3 is 24.1 Å². The summed E-state index contributed by atoms with van der Waals surface area (Å²) in [5.41, 5.74) is 4.86. The molecule has 1 N–H and O–H groups in total. The van der Waals surface area contributed by atoms with Crippen molar-refractivity contribution in [2.45, 2.75) is 57.5 Å². The highest BCUT2D eigenvalue weighted by Gasteiger charge is 2.43. The molecule has 5 rings (SSSR count). The Labute approximate surface area is 212 Å². The number of nitrogens with one attached hydrogen (secondary N) is 1. The van der Waals surface area contributed by atoms with Crippen LogP contribution in [0.5, 0.6) is 0 Å². The zero-order chi connectivity index (χ0) is 25.4. The van der Waals surface area contributed by atoms with Crippen LogP contribution in [0, 0.1) is 6.92 Å². The van der Waals surface area contributed by atoms with Gasteiger partial charge in [-0.05, 0) is 68.9 Å². The molecular weight excluding hydrogens is 456 g/mol. The van der Waals surface area contributed by atoms with Crippen molar-refractivity contribution >= 4 is 17.4 Å². The number of esters is 1. The number of furan rings is 1. The fraction of sp³-hybridized carbons (Fsp3) is 0.448. The second-order valence-corrected chi connectivity index (χ2v) is 10.2. The fourth-order valence-electron chi connectivity index (χ4n) is 5.51. The summed E-state index contributed by atoms with van der Waals surface area (Å²) in [7, 11) is 4.02. The number of ketones is 1. The Balaban J connectivity index is 1.45. The molecule has 1 saturated heterocycles. The molecule has 0 saturated carbocycles. The molecule has 7 nitrogen and oxygen atoms in total. The monoisotopic (exact) mass is 490 g/mol. The number of nitrogens with zero attached hydrogens (tertiary/aromatic N) is 1. The highest BCUT2D eigenvalue weighted by atomic mass is 16.6. The van der Waals surface area contributed by atoms with Gasteiger partial charge in [0.1, 0.15) is 18.1 Å². The number of carbonyl (C=O) groups is 2. The van der Waals surface area contributed by atoms with Gasteiger partial charge in [-0.3, -0.25) is 4.79 Å². The molecular formula is C29H34N2O5. The average Bonchev–Trinajstić information content (AvgIpc) is 3.53. The Morgan fingerprint density at radius 3 is 2.53 bits per heavy atom. The summed E-state index contributed by atoms with van der Waals surface area (Å²) in [6, 6.07) is 12.1. The number of dihydropyridines is 1. The van der Waals surface area contributed by atoms with E-state index in [1.807, 2.05) is 40.1 Å². The van der Waals surface area contributed by atoms with Crippen molar-refractivity contribution in [3.05, 3.63) is 76.0 Å². The van der Waals surface area contributed by atoms with Gasteiger partial charge >= 0.3 is 5.97 Å². The summed E-state index contributed by atoms with van der Waals surface area (Å²) >= 11 is 0. The number of rotatable bonds is 6. The van der Waals surface area contributed by atoms with Gasteiger partial charge in [0, 0.05) is 49.8 Å². The maximum absolute atomic E-state index is 13.7. The molecule has 190 valence electrons. The zero-order valence-corrected chi connectivity index (χ0v) is 21.4. The summed E-state index contributed by atoms with van der Waals surface area (Å²) < 4.78 is 17.3. The van der Waals surface area contributed by atoms with Crippen molar-refractivity contribution in [3.63, 3.8) is 0 Å². The highest BCUT2D eigenvalue weighted by Crippen LogP contribution is 2.46. The van der Waals surface area contributed by atoms with Crippen LogP contribution < -0.4 is 10.2 Å². The Morgan fingerprint density at radius 1 is 1.11 bits per heavy atom. The predicted octanol–water partition coefficient (Wildman–Crippen LogP) is 4.74. The smallest absolute Gasteiger partial charge is 0.336 e. The van der Waals surface area contributed by atoms with Gasteiger partial charge in [-0.1, -0.05) is 12.1 Å². The van der Waals surface area contributed by atoms with Crippen LogP contribution in [0.1, 0.15) is 61.5 Å². The lowest BCUT2D eigenvalue weighted by Gasteiger charge is -2.36. The van der Waals surface area contributed by atoms with Gasteiger partial charge in [-0.2, -0.15) is 0 Å². The van der Waals surface area contributed by atoms with E-state index in [0.29, 0.717) is 42.1 Å². The first-order chi connectivity index (χ1) is 17.3. The Morgan fingerprint density at radius 2 is 1.89 bits per heavy atom. The number of hydrogen-bond donors (Lipinski definition) is 1. The molecule has 0 bridgehead atoms. The summed E-state index contributed by atoms with van der Waals surface area (Å²) in [6.45, 7) is 4.64. The van der Waals surface area contributed by atoms with Crippen LogP contribution in [-0.4, -0.2) is 45.2 Å². The van der Waals surface area contributed by atoms with E-state index in [4.69, 9.17) is 13.9 Å². The van der Waals surface area contributed by atoms with Crippen LogP contribution in [0.2, 0.25) is 0 Å². The number of Topliss-reactive ketones (excluding diaryl/α,β-unsaturated/α-hetero) is 1. The molecule has 1 aromatic heterocycles. The average molecular weight is 491 g/mol. The van der Waals surface area contributed by atoms with E-state index < -0.39 is 11.9 Å². The van der Waals surface area contributed by atoms with Crippen molar-refractivity contribution in [3.8, 4) is 0 Å². The molecule has 3 aliphatic rings. The van der Waals surface area contributed by atoms with E-state index in [-0.39, 0.29) is 24.4 Å². The summed E-state index contributed by atoms with van der Waals surface area (Å²) in [4.78, 5) is 29.1. The Bertz CT molecular complexity index is 1210. The van der Waals surface area contributed by atoms with E-state index in [0.717, 1.165) is 35.5 Å². The Hall–Kier alpha value is -3.32. The van der Waals surface area contributed by atoms with Gasteiger partial charge in [-0.25, -0.2) is 4.79 Å². The van der Waals surface area contributed by atoms with E-state index >= 15 is 0 Å². The minimum atomic E-state index is -0.587. The maximum atomic E-state index is 13.7. The number of ether oxygens (including phenoxy) is 2. The van der Waals surface area contributed by atoms with Crippen LogP contribution in [-0.2, 0) is 19.1 Å². The van der Waals surface area contributed by atoms with E-state index in [2.05, 4.69) is 34.5 Å². The first kappa shape index (κ1) is 24.4. The van der Waals surface area contributed by atoms with Gasteiger partial charge in [-0.15, -0.1) is 0 Å². The third-order valence-corrected chi connectivity index (χ3v) is 7.40. The molecule has 2 aromatic rings. The van der Waals surface area contributed by atoms with Crippen molar-refractivity contribution in [2.24, 2.45) is 0 Å². The largest absolute Gasteiger partial charge is 0.465 e. The first-order valence-electron chi connectivity index (χ1n) is 12.7. The molecule has 1 fully saturated rings. The molecule has 7 heteroatoms. The highest BCUT2D eigenvalue weighted by molar-refractivity contribution is 6.04. The first-order valence-corrected chi connectivity index (χ1v) is 12.7. The van der Waals surface area contributed by atoms with E-state index in [1.165, 1.54) is 0 Å². The molecule has 3 heterocycles. The van der Waals surface area contributed by atoms with Gasteiger partial charge in [0.15, 0.2) is 5.78 Å². The summed E-state index contributed by atoms with van der Waals surface area (Å²) in [5, 5.41) is 3.40. The number of carbonyl (C=O) groups excluding carboxylic acids is 2. The van der Waals surface area contributed by atoms with Crippen molar-refractivity contribution < 1.29 is 23.5 Å². The minimum Gasteiger partial charge on any atom is -0.465 e. The number of hydrogen-bond acceptors (Lipinski definition) is 7. The van der Waals surface area contributed by atoms with Crippen molar-refractivity contribution in [2.75, 3.05) is 32.2 Å². The number of benzene rings is 1. The second-order valence-electron chi connectivity index (χ2n) is 10.2. The van der Waals surface area contributed by atoms with Crippen LogP contribution in [0.15, 0.2) is 63.4 Å². The predicted molar refractivity (Wildman–Crippen MR) is 137 cm³/mol. The molecule has 1 aromatic carbocycles. The van der Waals surface area contributed by atoms with Crippen molar-refractivity contribution in [1.29, 1.82) is 0 Å². The molecule has 0 spiro atoms. The van der Waals surface area contributed by atoms with Crippen molar-refractivity contribution in [1.82, 2.24) is 5.32 Å². The third kappa shape index (κ3) is 4.72. The number of aryl methyl sites for hydroxylation is 1. The van der Waals surface area contributed by atoms with E-state index in [9.17, 15) is 9.59 Å². The van der Waals surface area contributed by atoms with Crippen LogP contribution in [0.3, 0.4) is 0 Å². The quantitative estimate of drug-likeness (QED) is 0.586.